The molecular formula is C16H23N2O. The quantitative estimate of drug-likeness (QED) is 0.835. The Balaban J connectivity index is 1.57. The molecule has 1 fully saturated rings. The van der Waals surface area contributed by atoms with Crippen molar-refractivity contribution in [3.05, 3.63) is 35.9 Å². The van der Waals surface area contributed by atoms with Gasteiger partial charge in [0.2, 0.25) is 5.91 Å². The SMILES string of the molecule is O=C(CCC1CCC[N]C1)NCCc1ccccc1. The third kappa shape index (κ3) is 5.43. The highest BCUT2D eigenvalue weighted by Crippen LogP contribution is 2.16. The Labute approximate surface area is 115 Å². The molecule has 1 aliphatic heterocycles. The van der Waals surface area contributed by atoms with E-state index in [9.17, 15) is 4.79 Å². The van der Waals surface area contributed by atoms with Crippen LogP contribution in [-0.4, -0.2) is 25.5 Å². The third-order valence-corrected chi connectivity index (χ3v) is 3.67. The van der Waals surface area contributed by atoms with Crippen molar-refractivity contribution in [3.63, 3.8) is 0 Å². The highest BCUT2D eigenvalue weighted by Gasteiger charge is 2.14. The van der Waals surface area contributed by atoms with Crippen molar-refractivity contribution < 1.29 is 4.79 Å². The van der Waals surface area contributed by atoms with Gasteiger partial charge in [-0.2, -0.15) is 0 Å². The molecule has 2 rings (SSSR count). The zero-order chi connectivity index (χ0) is 13.3. The summed E-state index contributed by atoms with van der Waals surface area (Å²) in [4.78, 5) is 11.7. The standard InChI is InChI=1S/C16H23N2O/c19-16(9-8-15-7-4-11-17-13-15)18-12-10-14-5-2-1-3-6-14/h1-3,5-6,15H,4,7-13H2,(H,18,19). The summed E-state index contributed by atoms with van der Waals surface area (Å²) in [7, 11) is 0. The molecule has 1 radical (unpaired) electrons. The topological polar surface area (TPSA) is 43.2 Å². The molecule has 1 aliphatic rings. The molecule has 1 heterocycles. The van der Waals surface area contributed by atoms with Crippen molar-refractivity contribution in [1.82, 2.24) is 10.6 Å². The second kappa shape index (κ2) is 7.95. The van der Waals surface area contributed by atoms with E-state index < -0.39 is 0 Å². The Morgan fingerprint density at radius 2 is 2.16 bits per heavy atom. The molecule has 1 N–H and O–H groups in total. The smallest absolute Gasteiger partial charge is 0.220 e. The molecule has 103 valence electrons. The minimum absolute atomic E-state index is 0.182. The molecule has 19 heavy (non-hydrogen) atoms. The first-order valence-corrected chi connectivity index (χ1v) is 7.28. The fourth-order valence-corrected chi connectivity index (χ4v) is 2.51. The molecule has 3 heteroatoms. The lowest BCUT2D eigenvalue weighted by atomic mass is 9.94. The Morgan fingerprint density at radius 1 is 1.32 bits per heavy atom. The molecule has 1 aromatic rings. The third-order valence-electron chi connectivity index (χ3n) is 3.67. The van der Waals surface area contributed by atoms with Crippen LogP contribution in [-0.2, 0) is 11.2 Å². The van der Waals surface area contributed by atoms with Gasteiger partial charge in [0, 0.05) is 26.1 Å². The number of carbonyl (C=O) groups excluding carboxylic acids is 1. The lowest BCUT2D eigenvalue weighted by molar-refractivity contribution is -0.121. The minimum Gasteiger partial charge on any atom is -0.356 e. The largest absolute Gasteiger partial charge is 0.356 e. The highest BCUT2D eigenvalue weighted by atomic mass is 16.1. The lowest BCUT2D eigenvalue weighted by Gasteiger charge is -2.20. The summed E-state index contributed by atoms with van der Waals surface area (Å²) < 4.78 is 0. The molecule has 0 aliphatic carbocycles. The van der Waals surface area contributed by atoms with Crippen molar-refractivity contribution in [2.24, 2.45) is 5.92 Å². The molecular weight excluding hydrogens is 236 g/mol. The van der Waals surface area contributed by atoms with Crippen LogP contribution in [0.15, 0.2) is 30.3 Å². The summed E-state index contributed by atoms with van der Waals surface area (Å²) in [5, 5.41) is 7.41. The van der Waals surface area contributed by atoms with Crippen LogP contribution in [0.2, 0.25) is 0 Å². The Bertz CT molecular complexity index is 372. The van der Waals surface area contributed by atoms with Crippen LogP contribution in [0.5, 0.6) is 0 Å². The predicted molar refractivity (Wildman–Crippen MR) is 77.0 cm³/mol. The van der Waals surface area contributed by atoms with Crippen LogP contribution in [0.3, 0.4) is 0 Å². The zero-order valence-electron chi connectivity index (χ0n) is 11.5. The van der Waals surface area contributed by atoms with Crippen molar-refractivity contribution >= 4 is 5.91 Å². The van der Waals surface area contributed by atoms with E-state index in [4.69, 9.17) is 0 Å². The summed E-state index contributed by atoms with van der Waals surface area (Å²) in [6, 6.07) is 10.3. The second-order valence-corrected chi connectivity index (χ2v) is 5.26. The second-order valence-electron chi connectivity index (χ2n) is 5.26. The summed E-state index contributed by atoms with van der Waals surface area (Å²) in [5.41, 5.74) is 1.27. The summed E-state index contributed by atoms with van der Waals surface area (Å²) in [6.45, 7) is 2.70. The van der Waals surface area contributed by atoms with Crippen molar-refractivity contribution in [2.45, 2.75) is 32.1 Å². The molecule has 1 saturated heterocycles. The fourth-order valence-electron chi connectivity index (χ4n) is 2.51. The van der Waals surface area contributed by atoms with E-state index in [2.05, 4.69) is 22.8 Å². The number of benzene rings is 1. The molecule has 1 aromatic carbocycles. The van der Waals surface area contributed by atoms with Gasteiger partial charge < -0.3 is 5.32 Å². The van der Waals surface area contributed by atoms with E-state index in [0.717, 1.165) is 32.5 Å². The summed E-state index contributed by atoms with van der Waals surface area (Å²) >= 11 is 0. The fraction of sp³-hybridized carbons (Fsp3) is 0.562. The van der Waals surface area contributed by atoms with Gasteiger partial charge in [0.15, 0.2) is 0 Å². The minimum atomic E-state index is 0.182. The lowest BCUT2D eigenvalue weighted by Crippen LogP contribution is -2.28. The van der Waals surface area contributed by atoms with Gasteiger partial charge in [-0.1, -0.05) is 30.3 Å². The van der Waals surface area contributed by atoms with Crippen molar-refractivity contribution in [3.8, 4) is 0 Å². The zero-order valence-corrected chi connectivity index (χ0v) is 11.5. The number of piperidine rings is 1. The molecule has 0 bridgehead atoms. The van der Waals surface area contributed by atoms with Crippen LogP contribution in [0.25, 0.3) is 0 Å². The molecule has 1 amide bonds. The van der Waals surface area contributed by atoms with Gasteiger partial charge in [-0.3, -0.25) is 4.79 Å². The van der Waals surface area contributed by atoms with Gasteiger partial charge in [-0.25, -0.2) is 5.32 Å². The van der Waals surface area contributed by atoms with E-state index >= 15 is 0 Å². The van der Waals surface area contributed by atoms with Crippen LogP contribution >= 0.6 is 0 Å². The Kier molecular flexibility index (Phi) is 5.89. The first kappa shape index (κ1) is 14.1. The van der Waals surface area contributed by atoms with E-state index in [1.54, 1.807) is 0 Å². The number of nitrogens with zero attached hydrogens (tertiary/aromatic N) is 1. The molecule has 1 atom stereocenters. The average molecular weight is 259 g/mol. The molecule has 0 saturated carbocycles. The van der Waals surface area contributed by atoms with Gasteiger partial charge in [0.1, 0.15) is 0 Å². The average Bonchev–Trinajstić information content (AvgIpc) is 2.47. The monoisotopic (exact) mass is 259 g/mol. The number of rotatable bonds is 6. The van der Waals surface area contributed by atoms with Crippen molar-refractivity contribution in [1.29, 1.82) is 0 Å². The first-order chi connectivity index (χ1) is 9.34. The summed E-state index contributed by atoms with van der Waals surface area (Å²) in [6.07, 6.45) is 4.97. The number of nitrogens with one attached hydrogen (secondary N) is 1. The Hall–Kier alpha value is -1.35. The van der Waals surface area contributed by atoms with Gasteiger partial charge in [-0.05, 0) is 37.2 Å². The predicted octanol–water partition coefficient (Wildman–Crippen LogP) is 2.14. The van der Waals surface area contributed by atoms with Crippen LogP contribution in [0, 0.1) is 5.92 Å². The maximum Gasteiger partial charge on any atom is 0.220 e. The van der Waals surface area contributed by atoms with E-state index in [-0.39, 0.29) is 5.91 Å². The maximum absolute atomic E-state index is 11.7. The van der Waals surface area contributed by atoms with Gasteiger partial charge in [0.05, 0.1) is 0 Å². The molecule has 0 aromatic heterocycles. The maximum atomic E-state index is 11.7. The number of hydrogen-bond donors (Lipinski definition) is 1. The van der Waals surface area contributed by atoms with Crippen molar-refractivity contribution in [2.75, 3.05) is 19.6 Å². The van der Waals surface area contributed by atoms with E-state index in [0.29, 0.717) is 12.3 Å². The summed E-state index contributed by atoms with van der Waals surface area (Å²) in [5.74, 6) is 0.815. The normalized spacial score (nSPS) is 19.1. The van der Waals surface area contributed by atoms with E-state index in [1.807, 2.05) is 18.2 Å². The van der Waals surface area contributed by atoms with Crippen LogP contribution in [0.1, 0.15) is 31.2 Å². The van der Waals surface area contributed by atoms with E-state index in [1.165, 1.54) is 18.4 Å². The number of amides is 1. The van der Waals surface area contributed by atoms with Gasteiger partial charge in [0.25, 0.3) is 0 Å². The van der Waals surface area contributed by atoms with Crippen LogP contribution < -0.4 is 10.6 Å². The van der Waals surface area contributed by atoms with Gasteiger partial charge >= 0.3 is 0 Å². The number of hydrogen-bond acceptors (Lipinski definition) is 1. The Morgan fingerprint density at radius 3 is 2.89 bits per heavy atom. The first-order valence-electron chi connectivity index (χ1n) is 7.28. The molecule has 1 unspecified atom stereocenters. The number of carbonyl (C=O) groups is 1. The van der Waals surface area contributed by atoms with Gasteiger partial charge in [-0.15, -0.1) is 0 Å². The highest BCUT2D eigenvalue weighted by molar-refractivity contribution is 5.75. The van der Waals surface area contributed by atoms with Crippen LogP contribution in [0.4, 0.5) is 0 Å². The molecule has 3 nitrogen and oxygen atoms in total. The molecule has 0 spiro atoms.